The Morgan fingerprint density at radius 3 is 2.71 bits per heavy atom. The van der Waals surface area contributed by atoms with Crippen molar-refractivity contribution in [3.63, 3.8) is 0 Å². The molecule has 1 heterocycles. The first-order chi connectivity index (χ1) is 9.99. The monoisotopic (exact) mass is 309 g/mol. The number of rotatable bonds is 4. The normalized spacial score (nSPS) is 10.5. The summed E-state index contributed by atoms with van der Waals surface area (Å²) in [6, 6.07) is 4.64. The maximum atomic E-state index is 13.8. The van der Waals surface area contributed by atoms with Crippen molar-refractivity contribution in [3.05, 3.63) is 34.5 Å². The van der Waals surface area contributed by atoms with E-state index in [0.717, 1.165) is 10.4 Å². The number of halogens is 1. The van der Waals surface area contributed by atoms with Crippen LogP contribution in [0.5, 0.6) is 5.75 Å². The van der Waals surface area contributed by atoms with Crippen LogP contribution in [0.4, 0.5) is 10.1 Å². The van der Waals surface area contributed by atoms with Gasteiger partial charge >= 0.3 is 5.97 Å². The molecule has 0 amide bonds. The Kier molecular flexibility index (Phi) is 4.47. The Hall–Kier alpha value is -2.08. The molecule has 2 rings (SSSR count). The summed E-state index contributed by atoms with van der Waals surface area (Å²) in [7, 11) is 1.41. The van der Waals surface area contributed by atoms with Crippen LogP contribution < -0.4 is 10.5 Å². The van der Waals surface area contributed by atoms with Crippen molar-refractivity contribution in [3.8, 4) is 16.2 Å². The lowest BCUT2D eigenvalue weighted by Gasteiger charge is -2.04. The molecule has 0 aliphatic heterocycles. The van der Waals surface area contributed by atoms with Gasteiger partial charge in [0, 0.05) is 4.88 Å². The summed E-state index contributed by atoms with van der Waals surface area (Å²) in [6.45, 7) is 3.81. The number of esters is 1. The van der Waals surface area contributed by atoms with Gasteiger partial charge in [0.1, 0.15) is 4.88 Å². The molecule has 0 saturated carbocycles. The zero-order valence-corrected chi connectivity index (χ0v) is 12.8. The summed E-state index contributed by atoms with van der Waals surface area (Å²) in [5.74, 6) is -0.742. The topological polar surface area (TPSA) is 61.5 Å². The van der Waals surface area contributed by atoms with E-state index >= 15 is 0 Å². The van der Waals surface area contributed by atoms with Crippen LogP contribution in [-0.4, -0.2) is 19.7 Å². The summed E-state index contributed by atoms with van der Waals surface area (Å²) in [6.07, 6.45) is 0. The average molecular weight is 309 g/mol. The molecule has 4 nitrogen and oxygen atoms in total. The molecule has 2 aromatic rings. The maximum Gasteiger partial charge on any atom is 0.350 e. The molecule has 0 aliphatic rings. The number of thiophene rings is 1. The standard InChI is InChI=1S/C15H16FNO3S/c1-4-20-15(18)14-12(17)8(2)13(21-14)9-5-6-11(19-3)10(16)7-9/h5-7H,4,17H2,1-3H3. The zero-order valence-electron chi connectivity index (χ0n) is 12.0. The summed E-state index contributed by atoms with van der Waals surface area (Å²) < 4.78 is 23.7. The molecule has 0 bridgehead atoms. The average Bonchev–Trinajstić information content (AvgIpc) is 2.76. The second-order valence-electron chi connectivity index (χ2n) is 4.37. The molecular weight excluding hydrogens is 293 g/mol. The Morgan fingerprint density at radius 2 is 2.14 bits per heavy atom. The van der Waals surface area contributed by atoms with Crippen LogP contribution in [0, 0.1) is 12.7 Å². The van der Waals surface area contributed by atoms with Crippen LogP contribution in [0.2, 0.25) is 0 Å². The number of nitrogens with two attached hydrogens (primary N) is 1. The first-order valence-corrected chi connectivity index (χ1v) is 7.21. The van der Waals surface area contributed by atoms with Crippen LogP contribution in [0.25, 0.3) is 10.4 Å². The Morgan fingerprint density at radius 1 is 1.43 bits per heavy atom. The van der Waals surface area contributed by atoms with Crippen molar-refractivity contribution in [1.29, 1.82) is 0 Å². The van der Waals surface area contributed by atoms with Crippen molar-refractivity contribution in [1.82, 2.24) is 0 Å². The van der Waals surface area contributed by atoms with E-state index in [9.17, 15) is 9.18 Å². The van der Waals surface area contributed by atoms with Crippen LogP contribution in [0.15, 0.2) is 18.2 Å². The highest BCUT2D eigenvalue weighted by atomic mass is 32.1. The lowest BCUT2D eigenvalue weighted by Crippen LogP contribution is -2.05. The van der Waals surface area contributed by atoms with Crippen LogP contribution >= 0.6 is 11.3 Å². The fourth-order valence-corrected chi connectivity index (χ4v) is 3.07. The first kappa shape index (κ1) is 15.3. The molecule has 0 aliphatic carbocycles. The molecular formula is C15H16FNO3S. The van der Waals surface area contributed by atoms with Gasteiger partial charge < -0.3 is 15.2 Å². The number of benzene rings is 1. The van der Waals surface area contributed by atoms with Gasteiger partial charge in [-0.25, -0.2) is 9.18 Å². The van der Waals surface area contributed by atoms with Gasteiger partial charge in [-0.1, -0.05) is 0 Å². The molecule has 2 N–H and O–H groups in total. The van der Waals surface area contributed by atoms with Gasteiger partial charge in [0.25, 0.3) is 0 Å². The van der Waals surface area contributed by atoms with Crippen molar-refractivity contribution >= 4 is 23.0 Å². The molecule has 0 unspecified atom stereocenters. The molecule has 0 fully saturated rings. The molecule has 0 radical (unpaired) electrons. The Labute approximate surface area is 126 Å². The third-order valence-electron chi connectivity index (χ3n) is 3.07. The quantitative estimate of drug-likeness (QED) is 0.876. The highest BCUT2D eigenvalue weighted by Gasteiger charge is 2.21. The number of carbonyl (C=O) groups excluding carboxylic acids is 1. The maximum absolute atomic E-state index is 13.8. The minimum atomic E-state index is -0.459. The van der Waals surface area contributed by atoms with E-state index < -0.39 is 11.8 Å². The number of methoxy groups -OCH3 is 1. The van der Waals surface area contributed by atoms with E-state index in [1.54, 1.807) is 26.0 Å². The predicted molar refractivity (Wildman–Crippen MR) is 81.4 cm³/mol. The smallest absolute Gasteiger partial charge is 0.350 e. The van der Waals surface area contributed by atoms with E-state index in [1.165, 1.54) is 24.5 Å². The van der Waals surface area contributed by atoms with Crippen molar-refractivity contribution < 1.29 is 18.7 Å². The summed E-state index contributed by atoms with van der Waals surface area (Å²) in [4.78, 5) is 12.9. The lowest BCUT2D eigenvalue weighted by molar-refractivity contribution is 0.0533. The molecule has 1 aromatic heterocycles. The molecule has 112 valence electrons. The zero-order chi connectivity index (χ0) is 15.6. The van der Waals surface area contributed by atoms with E-state index in [1.807, 2.05) is 0 Å². The van der Waals surface area contributed by atoms with Gasteiger partial charge in [0.15, 0.2) is 11.6 Å². The second-order valence-corrected chi connectivity index (χ2v) is 5.39. The van der Waals surface area contributed by atoms with E-state index in [-0.39, 0.29) is 12.4 Å². The SMILES string of the molecule is CCOC(=O)c1sc(-c2ccc(OC)c(F)c2)c(C)c1N. The van der Waals surface area contributed by atoms with Gasteiger partial charge in [-0.05, 0) is 43.2 Å². The van der Waals surface area contributed by atoms with Crippen LogP contribution in [0.3, 0.4) is 0 Å². The van der Waals surface area contributed by atoms with E-state index in [0.29, 0.717) is 16.1 Å². The highest BCUT2D eigenvalue weighted by Crippen LogP contribution is 2.39. The predicted octanol–water partition coefficient (Wildman–Crippen LogP) is 3.63. The number of ether oxygens (including phenoxy) is 2. The van der Waals surface area contributed by atoms with Gasteiger partial charge in [-0.2, -0.15) is 0 Å². The van der Waals surface area contributed by atoms with Crippen LogP contribution in [0.1, 0.15) is 22.2 Å². The Bertz CT molecular complexity index is 682. The van der Waals surface area contributed by atoms with E-state index in [4.69, 9.17) is 15.2 Å². The van der Waals surface area contributed by atoms with Crippen molar-refractivity contribution in [2.24, 2.45) is 0 Å². The first-order valence-electron chi connectivity index (χ1n) is 6.39. The largest absolute Gasteiger partial charge is 0.494 e. The number of nitrogen functional groups attached to an aromatic ring is 1. The number of hydrogen-bond acceptors (Lipinski definition) is 5. The summed E-state index contributed by atoms with van der Waals surface area (Å²) in [5, 5.41) is 0. The molecule has 0 saturated heterocycles. The van der Waals surface area contributed by atoms with Crippen LogP contribution in [-0.2, 0) is 4.74 Å². The number of anilines is 1. The lowest BCUT2D eigenvalue weighted by atomic mass is 10.1. The minimum absolute atomic E-state index is 0.173. The van der Waals surface area contributed by atoms with Crippen molar-refractivity contribution in [2.45, 2.75) is 13.8 Å². The Balaban J connectivity index is 2.48. The second kappa shape index (κ2) is 6.13. The molecule has 0 spiro atoms. The third kappa shape index (κ3) is 2.85. The van der Waals surface area contributed by atoms with Gasteiger partial charge in [-0.3, -0.25) is 0 Å². The van der Waals surface area contributed by atoms with Gasteiger partial charge in [0.05, 0.1) is 19.4 Å². The molecule has 0 atom stereocenters. The summed E-state index contributed by atoms with van der Waals surface area (Å²) in [5.41, 5.74) is 7.73. The fraction of sp³-hybridized carbons (Fsp3) is 0.267. The van der Waals surface area contributed by atoms with Gasteiger partial charge in [-0.15, -0.1) is 11.3 Å². The fourth-order valence-electron chi connectivity index (χ4n) is 1.96. The van der Waals surface area contributed by atoms with E-state index in [2.05, 4.69) is 0 Å². The third-order valence-corrected chi connectivity index (χ3v) is 4.40. The minimum Gasteiger partial charge on any atom is -0.494 e. The molecule has 6 heteroatoms. The number of carbonyl (C=O) groups is 1. The van der Waals surface area contributed by atoms with Crippen molar-refractivity contribution in [2.75, 3.05) is 19.5 Å². The highest BCUT2D eigenvalue weighted by molar-refractivity contribution is 7.18. The molecule has 1 aromatic carbocycles. The van der Waals surface area contributed by atoms with Gasteiger partial charge in [0.2, 0.25) is 0 Å². The number of hydrogen-bond donors (Lipinski definition) is 1. The molecule has 21 heavy (non-hydrogen) atoms. The summed E-state index contributed by atoms with van der Waals surface area (Å²) >= 11 is 1.20.